The van der Waals surface area contributed by atoms with Gasteiger partial charge in [-0.1, -0.05) is 31.9 Å². The third-order valence-corrected chi connectivity index (χ3v) is 4.14. The Morgan fingerprint density at radius 1 is 1.11 bits per heavy atom. The number of benzene rings is 1. The van der Waals surface area contributed by atoms with Crippen molar-refractivity contribution in [2.75, 3.05) is 5.32 Å². The molecule has 6 heteroatoms. The number of nitrogens with zero attached hydrogens (tertiary/aromatic N) is 1. The van der Waals surface area contributed by atoms with E-state index < -0.39 is 0 Å². The Balaban J connectivity index is 2.22. The van der Waals surface area contributed by atoms with Crippen molar-refractivity contribution >= 4 is 59.5 Å². The van der Waals surface area contributed by atoms with Crippen LogP contribution in [0.3, 0.4) is 0 Å². The van der Waals surface area contributed by atoms with Gasteiger partial charge in [0.1, 0.15) is 5.82 Å². The van der Waals surface area contributed by atoms with E-state index in [4.69, 9.17) is 0 Å². The van der Waals surface area contributed by atoms with Gasteiger partial charge in [-0.15, -0.1) is 0 Å². The molecule has 0 bridgehead atoms. The van der Waals surface area contributed by atoms with E-state index in [9.17, 15) is 4.79 Å². The maximum absolute atomic E-state index is 12.1. The third-order valence-electron chi connectivity index (χ3n) is 2.39. The first-order valence-electron chi connectivity index (χ1n) is 5.36. The average molecular weight is 449 g/mol. The summed E-state index contributed by atoms with van der Waals surface area (Å²) in [5, 5.41) is 2.77. The first-order valence-corrected chi connectivity index (χ1v) is 7.74. The standard InChI is InChI=1S/C13H9Br3N2O/c1-7-11(16)2-3-12(17-7)18-13(19)8-4-9(14)6-10(15)5-8/h2-6H,1H3,(H,17,18,19). The van der Waals surface area contributed by atoms with Gasteiger partial charge in [-0.2, -0.15) is 0 Å². The fourth-order valence-electron chi connectivity index (χ4n) is 1.49. The van der Waals surface area contributed by atoms with Crippen molar-refractivity contribution in [2.24, 2.45) is 0 Å². The zero-order valence-corrected chi connectivity index (χ0v) is 14.6. The van der Waals surface area contributed by atoms with Crippen molar-refractivity contribution in [1.82, 2.24) is 4.98 Å². The van der Waals surface area contributed by atoms with Crippen molar-refractivity contribution in [3.63, 3.8) is 0 Å². The minimum Gasteiger partial charge on any atom is -0.307 e. The van der Waals surface area contributed by atoms with E-state index in [1.165, 1.54) is 0 Å². The Hall–Kier alpha value is -0.720. The maximum atomic E-state index is 12.1. The van der Waals surface area contributed by atoms with Gasteiger partial charge in [-0.05, 0) is 53.2 Å². The van der Waals surface area contributed by atoms with Crippen molar-refractivity contribution in [3.05, 3.63) is 55.0 Å². The molecule has 0 aliphatic carbocycles. The number of halogens is 3. The van der Waals surface area contributed by atoms with Crippen LogP contribution in [-0.2, 0) is 0 Å². The molecule has 0 saturated heterocycles. The molecule has 1 N–H and O–H groups in total. The molecule has 0 spiro atoms. The van der Waals surface area contributed by atoms with E-state index in [1.54, 1.807) is 18.2 Å². The number of nitrogens with one attached hydrogen (secondary N) is 1. The van der Waals surface area contributed by atoms with Crippen LogP contribution in [0.2, 0.25) is 0 Å². The molecular weight excluding hydrogens is 440 g/mol. The minimum atomic E-state index is -0.198. The normalized spacial score (nSPS) is 10.3. The van der Waals surface area contributed by atoms with Gasteiger partial charge in [0.25, 0.3) is 5.91 Å². The monoisotopic (exact) mass is 446 g/mol. The number of hydrogen-bond donors (Lipinski definition) is 1. The molecule has 1 heterocycles. The van der Waals surface area contributed by atoms with Crippen LogP contribution in [0.25, 0.3) is 0 Å². The molecule has 1 aromatic carbocycles. The van der Waals surface area contributed by atoms with Gasteiger partial charge in [0.05, 0.1) is 5.69 Å². The number of pyridine rings is 1. The smallest absolute Gasteiger partial charge is 0.256 e. The lowest BCUT2D eigenvalue weighted by molar-refractivity contribution is 0.102. The molecule has 3 nitrogen and oxygen atoms in total. The predicted molar refractivity (Wildman–Crippen MR) is 86.5 cm³/mol. The summed E-state index contributed by atoms with van der Waals surface area (Å²) < 4.78 is 2.59. The Labute approximate surface area is 136 Å². The fourth-order valence-corrected chi connectivity index (χ4v) is 3.00. The number of rotatable bonds is 2. The largest absolute Gasteiger partial charge is 0.307 e. The molecule has 0 saturated carbocycles. The van der Waals surface area contributed by atoms with Gasteiger partial charge in [0.2, 0.25) is 0 Å². The summed E-state index contributed by atoms with van der Waals surface area (Å²) in [5.74, 6) is 0.332. The average Bonchev–Trinajstić information content (AvgIpc) is 2.32. The van der Waals surface area contributed by atoms with Crippen LogP contribution in [0.4, 0.5) is 5.82 Å². The SMILES string of the molecule is Cc1nc(NC(=O)c2cc(Br)cc(Br)c2)ccc1Br. The van der Waals surface area contributed by atoms with Gasteiger partial charge in [-0.25, -0.2) is 4.98 Å². The van der Waals surface area contributed by atoms with Crippen LogP contribution >= 0.6 is 47.8 Å². The molecule has 0 fully saturated rings. The molecule has 2 aromatic rings. The summed E-state index contributed by atoms with van der Waals surface area (Å²) in [6.45, 7) is 1.87. The highest BCUT2D eigenvalue weighted by Gasteiger charge is 2.09. The van der Waals surface area contributed by atoms with E-state index in [0.29, 0.717) is 11.4 Å². The van der Waals surface area contributed by atoms with Gasteiger partial charge >= 0.3 is 0 Å². The Bertz CT molecular complexity index is 624. The minimum absolute atomic E-state index is 0.198. The molecular formula is C13H9Br3N2O. The third kappa shape index (κ3) is 3.87. The molecule has 1 aromatic heterocycles. The van der Waals surface area contributed by atoms with Crippen LogP contribution in [-0.4, -0.2) is 10.9 Å². The molecule has 98 valence electrons. The number of amides is 1. The van der Waals surface area contributed by atoms with Crippen LogP contribution in [0.1, 0.15) is 16.1 Å². The van der Waals surface area contributed by atoms with E-state index in [0.717, 1.165) is 19.1 Å². The van der Waals surface area contributed by atoms with E-state index >= 15 is 0 Å². The molecule has 0 atom stereocenters. The number of aryl methyl sites for hydroxylation is 1. The Kier molecular flexibility index (Phi) is 4.76. The quantitative estimate of drug-likeness (QED) is 0.707. The topological polar surface area (TPSA) is 42.0 Å². The number of carbonyl (C=O) groups excluding carboxylic acids is 1. The highest BCUT2D eigenvalue weighted by molar-refractivity contribution is 9.11. The summed E-state index contributed by atoms with van der Waals surface area (Å²) in [6, 6.07) is 8.99. The second kappa shape index (κ2) is 6.15. The van der Waals surface area contributed by atoms with Gasteiger partial charge in [0.15, 0.2) is 0 Å². The fraction of sp³-hybridized carbons (Fsp3) is 0.0769. The molecule has 0 radical (unpaired) electrons. The van der Waals surface area contributed by atoms with E-state index in [-0.39, 0.29) is 5.91 Å². The van der Waals surface area contributed by atoms with Gasteiger partial charge in [-0.3, -0.25) is 4.79 Å². The number of carbonyl (C=O) groups is 1. The Morgan fingerprint density at radius 3 is 2.32 bits per heavy atom. The van der Waals surface area contributed by atoms with Crippen molar-refractivity contribution in [3.8, 4) is 0 Å². The highest BCUT2D eigenvalue weighted by Crippen LogP contribution is 2.21. The molecule has 0 unspecified atom stereocenters. The van der Waals surface area contributed by atoms with Crippen LogP contribution in [0.15, 0.2) is 43.7 Å². The first kappa shape index (κ1) is 14.7. The van der Waals surface area contributed by atoms with Gasteiger partial charge < -0.3 is 5.32 Å². The lowest BCUT2D eigenvalue weighted by Crippen LogP contribution is -2.13. The van der Waals surface area contributed by atoms with Crippen LogP contribution in [0, 0.1) is 6.92 Å². The van der Waals surface area contributed by atoms with E-state index in [2.05, 4.69) is 58.1 Å². The summed E-state index contributed by atoms with van der Waals surface area (Å²) in [5.41, 5.74) is 1.39. The highest BCUT2D eigenvalue weighted by atomic mass is 79.9. The van der Waals surface area contributed by atoms with Crippen molar-refractivity contribution in [1.29, 1.82) is 0 Å². The van der Waals surface area contributed by atoms with Crippen molar-refractivity contribution in [2.45, 2.75) is 6.92 Å². The molecule has 19 heavy (non-hydrogen) atoms. The lowest BCUT2D eigenvalue weighted by atomic mass is 10.2. The number of aromatic nitrogens is 1. The summed E-state index contributed by atoms with van der Waals surface area (Å²) >= 11 is 10.1. The van der Waals surface area contributed by atoms with Gasteiger partial charge in [0, 0.05) is 19.0 Å². The first-order chi connectivity index (χ1) is 8.95. The van der Waals surface area contributed by atoms with Crippen LogP contribution in [0.5, 0.6) is 0 Å². The lowest BCUT2D eigenvalue weighted by Gasteiger charge is -2.07. The Morgan fingerprint density at radius 2 is 1.74 bits per heavy atom. The second-order valence-electron chi connectivity index (χ2n) is 3.88. The molecule has 0 aliphatic rings. The maximum Gasteiger partial charge on any atom is 0.256 e. The number of hydrogen-bond acceptors (Lipinski definition) is 2. The predicted octanol–water partition coefficient (Wildman–Crippen LogP) is 4.93. The van der Waals surface area contributed by atoms with Crippen molar-refractivity contribution < 1.29 is 4.79 Å². The molecule has 0 aliphatic heterocycles. The van der Waals surface area contributed by atoms with E-state index in [1.807, 2.05) is 19.1 Å². The summed E-state index contributed by atoms with van der Waals surface area (Å²) in [4.78, 5) is 16.4. The second-order valence-corrected chi connectivity index (χ2v) is 6.56. The summed E-state index contributed by atoms with van der Waals surface area (Å²) in [6.07, 6.45) is 0. The number of anilines is 1. The zero-order chi connectivity index (χ0) is 14.0. The van der Waals surface area contributed by atoms with Crippen LogP contribution < -0.4 is 5.32 Å². The molecule has 1 amide bonds. The zero-order valence-electron chi connectivity index (χ0n) is 9.88. The molecule has 2 rings (SSSR count). The summed E-state index contributed by atoms with van der Waals surface area (Å²) in [7, 11) is 0.